The maximum absolute atomic E-state index is 11.4. The van der Waals surface area contributed by atoms with Crippen LogP contribution in [0.1, 0.15) is 42.9 Å². The van der Waals surface area contributed by atoms with E-state index in [-0.39, 0.29) is 11.0 Å². The Labute approximate surface area is 159 Å². The number of fused-ring (bicyclic) bond motifs is 1. The summed E-state index contributed by atoms with van der Waals surface area (Å²) >= 11 is 6.51. The topological polar surface area (TPSA) is 69.4 Å². The summed E-state index contributed by atoms with van der Waals surface area (Å²) in [6.07, 6.45) is 5.92. The molecule has 2 aliphatic rings. The fraction of sp³-hybridized carbons (Fsp3) is 0.400. The summed E-state index contributed by atoms with van der Waals surface area (Å²) in [6, 6.07) is 12.3. The maximum atomic E-state index is 11.4. The molecule has 2 N–H and O–H groups in total. The zero-order valence-corrected chi connectivity index (χ0v) is 16.0. The van der Waals surface area contributed by atoms with E-state index >= 15 is 0 Å². The summed E-state index contributed by atoms with van der Waals surface area (Å²) in [5.74, 6) is 1.69. The van der Waals surface area contributed by atoms with E-state index in [0.717, 1.165) is 17.0 Å². The molecule has 2 atom stereocenters. The Balaban J connectivity index is 1.65. The molecule has 0 radical (unpaired) electrons. The number of sulfonamides is 1. The van der Waals surface area contributed by atoms with E-state index in [0.29, 0.717) is 17.6 Å². The lowest BCUT2D eigenvalue weighted by Gasteiger charge is -2.27. The highest BCUT2D eigenvalue weighted by atomic mass is 35.5. The van der Waals surface area contributed by atoms with Gasteiger partial charge in [0.15, 0.2) is 0 Å². The molecule has 2 aromatic carbocycles. The van der Waals surface area contributed by atoms with Gasteiger partial charge < -0.3 is 4.74 Å². The molecule has 1 fully saturated rings. The zero-order valence-electron chi connectivity index (χ0n) is 14.4. The summed E-state index contributed by atoms with van der Waals surface area (Å²) in [6.45, 7) is 0. The molecular formula is C20H22ClNO3S. The van der Waals surface area contributed by atoms with E-state index in [1.54, 1.807) is 12.1 Å². The van der Waals surface area contributed by atoms with Gasteiger partial charge in [0, 0.05) is 16.5 Å². The average Bonchev–Trinajstić information content (AvgIpc) is 3.23. The second kappa shape index (κ2) is 6.87. The highest BCUT2D eigenvalue weighted by Crippen LogP contribution is 2.49. The molecule has 0 aliphatic heterocycles. The number of hydrogen-bond acceptors (Lipinski definition) is 3. The van der Waals surface area contributed by atoms with Crippen molar-refractivity contribution in [2.75, 3.05) is 0 Å². The molecule has 138 valence electrons. The number of halogens is 1. The van der Waals surface area contributed by atoms with Crippen LogP contribution in [0, 0.1) is 11.8 Å². The SMILES string of the molecule is NS(=O)(=O)c1ccc(O[C@H]2c3c(Cl)cccc3C[C@@H]2C2CCCC2)cc1. The molecule has 0 unspecified atom stereocenters. The fourth-order valence-corrected chi connectivity index (χ4v) is 5.27. The van der Waals surface area contributed by atoms with Crippen LogP contribution in [0.2, 0.25) is 5.02 Å². The number of hydrogen-bond donors (Lipinski definition) is 1. The monoisotopic (exact) mass is 391 g/mol. The van der Waals surface area contributed by atoms with Crippen molar-refractivity contribution >= 4 is 21.6 Å². The van der Waals surface area contributed by atoms with Crippen molar-refractivity contribution in [3.05, 3.63) is 58.6 Å². The number of rotatable bonds is 4. The van der Waals surface area contributed by atoms with Crippen LogP contribution >= 0.6 is 11.6 Å². The van der Waals surface area contributed by atoms with Gasteiger partial charge in [0.2, 0.25) is 10.0 Å². The number of benzene rings is 2. The predicted molar refractivity (Wildman–Crippen MR) is 102 cm³/mol. The fourth-order valence-electron chi connectivity index (χ4n) is 4.45. The van der Waals surface area contributed by atoms with Crippen LogP contribution in [0.5, 0.6) is 5.75 Å². The molecule has 2 aromatic rings. The van der Waals surface area contributed by atoms with Gasteiger partial charge in [-0.3, -0.25) is 0 Å². The van der Waals surface area contributed by atoms with Crippen molar-refractivity contribution in [3.63, 3.8) is 0 Å². The van der Waals surface area contributed by atoms with Crippen LogP contribution < -0.4 is 9.88 Å². The Hall–Kier alpha value is -1.56. The number of ether oxygens (including phenoxy) is 1. The highest BCUT2D eigenvalue weighted by Gasteiger charge is 2.41. The largest absolute Gasteiger partial charge is 0.485 e. The third-order valence-corrected chi connectivity index (χ3v) is 6.95. The van der Waals surface area contributed by atoms with Crippen molar-refractivity contribution in [1.82, 2.24) is 0 Å². The summed E-state index contributed by atoms with van der Waals surface area (Å²) < 4.78 is 29.2. The summed E-state index contributed by atoms with van der Waals surface area (Å²) in [5.41, 5.74) is 2.35. The van der Waals surface area contributed by atoms with E-state index in [1.165, 1.54) is 43.4 Å². The van der Waals surface area contributed by atoms with Crippen LogP contribution in [-0.4, -0.2) is 8.42 Å². The molecule has 1 saturated carbocycles. The van der Waals surface area contributed by atoms with E-state index in [1.807, 2.05) is 12.1 Å². The molecule has 6 heteroatoms. The molecule has 0 amide bonds. The molecule has 0 spiro atoms. The van der Waals surface area contributed by atoms with Gasteiger partial charge in [0.1, 0.15) is 11.9 Å². The minimum atomic E-state index is -3.70. The van der Waals surface area contributed by atoms with E-state index < -0.39 is 10.0 Å². The number of nitrogens with two attached hydrogens (primary N) is 1. The van der Waals surface area contributed by atoms with Crippen LogP contribution in [0.3, 0.4) is 0 Å². The van der Waals surface area contributed by atoms with Crippen LogP contribution in [-0.2, 0) is 16.4 Å². The molecule has 0 saturated heterocycles. The summed E-state index contributed by atoms with van der Waals surface area (Å²) in [7, 11) is -3.70. The molecule has 4 rings (SSSR count). The molecule has 0 aromatic heterocycles. The first-order valence-corrected chi connectivity index (χ1v) is 10.9. The molecule has 2 aliphatic carbocycles. The third-order valence-electron chi connectivity index (χ3n) is 5.69. The molecule has 0 heterocycles. The summed E-state index contributed by atoms with van der Waals surface area (Å²) in [5, 5.41) is 5.92. The zero-order chi connectivity index (χ0) is 18.3. The average molecular weight is 392 g/mol. The van der Waals surface area contributed by atoms with Crippen molar-refractivity contribution < 1.29 is 13.2 Å². The standard InChI is InChI=1S/C20H22ClNO3S/c21-18-7-3-6-14-12-17(13-4-1-2-5-13)20(19(14)18)25-15-8-10-16(11-9-15)26(22,23)24/h3,6-11,13,17,20H,1-2,4-5,12H2,(H2,22,23,24)/t17-,20-/m1/s1. The van der Waals surface area contributed by atoms with E-state index in [4.69, 9.17) is 21.5 Å². The van der Waals surface area contributed by atoms with E-state index in [2.05, 4.69) is 6.07 Å². The van der Waals surface area contributed by atoms with Gasteiger partial charge in [-0.05, 0) is 48.2 Å². The molecule has 0 bridgehead atoms. The summed E-state index contributed by atoms with van der Waals surface area (Å²) in [4.78, 5) is 0.0852. The maximum Gasteiger partial charge on any atom is 0.238 e. The minimum Gasteiger partial charge on any atom is -0.485 e. The second-order valence-corrected chi connectivity index (χ2v) is 9.25. The van der Waals surface area contributed by atoms with Crippen LogP contribution in [0.25, 0.3) is 0 Å². The Morgan fingerprint density at radius 1 is 1.04 bits per heavy atom. The van der Waals surface area contributed by atoms with Gasteiger partial charge in [-0.15, -0.1) is 0 Å². The van der Waals surface area contributed by atoms with E-state index in [9.17, 15) is 8.42 Å². The van der Waals surface area contributed by atoms with Crippen LogP contribution in [0.4, 0.5) is 0 Å². The lowest BCUT2D eigenvalue weighted by molar-refractivity contribution is 0.111. The molecule has 4 nitrogen and oxygen atoms in total. The van der Waals surface area contributed by atoms with Gasteiger partial charge in [0.05, 0.1) is 4.90 Å². The molecular weight excluding hydrogens is 370 g/mol. The van der Waals surface area contributed by atoms with Crippen molar-refractivity contribution in [2.45, 2.75) is 43.1 Å². The third kappa shape index (κ3) is 3.36. The Morgan fingerprint density at radius 3 is 2.38 bits per heavy atom. The normalized spacial score (nSPS) is 23.2. The lowest BCUT2D eigenvalue weighted by atomic mass is 9.86. The van der Waals surface area contributed by atoms with Gasteiger partial charge in [0.25, 0.3) is 0 Å². The van der Waals surface area contributed by atoms with Gasteiger partial charge in [-0.2, -0.15) is 0 Å². The quantitative estimate of drug-likeness (QED) is 0.835. The second-order valence-electron chi connectivity index (χ2n) is 7.28. The van der Waals surface area contributed by atoms with Crippen LogP contribution in [0.15, 0.2) is 47.4 Å². The Kier molecular flexibility index (Phi) is 4.71. The van der Waals surface area contributed by atoms with Crippen molar-refractivity contribution in [2.24, 2.45) is 17.0 Å². The van der Waals surface area contributed by atoms with Gasteiger partial charge in [-0.25, -0.2) is 13.6 Å². The number of primary sulfonamides is 1. The molecule has 26 heavy (non-hydrogen) atoms. The Bertz CT molecular complexity index is 905. The van der Waals surface area contributed by atoms with Gasteiger partial charge >= 0.3 is 0 Å². The first-order valence-electron chi connectivity index (χ1n) is 9.00. The lowest BCUT2D eigenvalue weighted by Crippen LogP contribution is -2.21. The first-order chi connectivity index (χ1) is 12.4. The van der Waals surface area contributed by atoms with Crippen molar-refractivity contribution in [3.8, 4) is 5.75 Å². The minimum absolute atomic E-state index is 0.0852. The van der Waals surface area contributed by atoms with Crippen molar-refractivity contribution in [1.29, 1.82) is 0 Å². The smallest absolute Gasteiger partial charge is 0.238 e. The Morgan fingerprint density at radius 2 is 1.73 bits per heavy atom. The van der Waals surface area contributed by atoms with Gasteiger partial charge in [-0.1, -0.05) is 49.4 Å². The first kappa shape index (κ1) is 17.8. The highest BCUT2D eigenvalue weighted by molar-refractivity contribution is 7.89. The predicted octanol–water partition coefficient (Wildman–Crippen LogP) is 4.47.